The van der Waals surface area contributed by atoms with Crippen molar-refractivity contribution in [2.45, 2.75) is 11.9 Å². The molecule has 1 atom stereocenters. The summed E-state index contributed by atoms with van der Waals surface area (Å²) in [5, 5.41) is 0.566. The van der Waals surface area contributed by atoms with Crippen LogP contribution in [0.15, 0.2) is 60.2 Å². The lowest BCUT2D eigenvalue weighted by molar-refractivity contribution is -0.122. The molecule has 1 aliphatic heterocycles. The third-order valence-corrected chi connectivity index (χ3v) is 4.37. The van der Waals surface area contributed by atoms with Crippen molar-refractivity contribution in [3.63, 3.8) is 0 Å². The first-order valence-corrected chi connectivity index (χ1v) is 8.33. The van der Waals surface area contributed by atoms with Crippen LogP contribution in [0.4, 0.5) is 4.39 Å². The Labute approximate surface area is 147 Å². The molecule has 1 heterocycles. The van der Waals surface area contributed by atoms with Crippen LogP contribution in [0.3, 0.4) is 0 Å². The summed E-state index contributed by atoms with van der Waals surface area (Å²) in [6, 6.07) is 12.8. The van der Waals surface area contributed by atoms with Crippen LogP contribution in [0.1, 0.15) is 17.2 Å². The number of halogens is 2. The van der Waals surface area contributed by atoms with Gasteiger partial charge in [0.2, 0.25) is 17.4 Å². The first-order chi connectivity index (χ1) is 11.5. The predicted octanol–water partition coefficient (Wildman–Crippen LogP) is 4.11. The fourth-order valence-corrected chi connectivity index (χ4v) is 2.95. The standard InChI is InChI=1S/C17H13ClFNO3S/c18-12-5-3-11(4-6-12)15-14(21)16(17(20)22-15)23-24-9-10-1-7-13(19)8-2-10/h1-8,15H,9,20H2. The van der Waals surface area contributed by atoms with E-state index in [-0.39, 0.29) is 23.2 Å². The first kappa shape index (κ1) is 16.7. The minimum absolute atomic E-state index is 0.0120. The molecule has 0 bridgehead atoms. The quantitative estimate of drug-likeness (QED) is 0.808. The molecule has 7 heteroatoms. The van der Waals surface area contributed by atoms with E-state index in [0.29, 0.717) is 16.3 Å². The fraction of sp³-hybridized carbons (Fsp3) is 0.118. The highest BCUT2D eigenvalue weighted by Gasteiger charge is 2.37. The molecule has 0 fully saturated rings. The maximum Gasteiger partial charge on any atom is 0.249 e. The van der Waals surface area contributed by atoms with Crippen molar-refractivity contribution in [1.82, 2.24) is 0 Å². The van der Waals surface area contributed by atoms with E-state index in [1.54, 1.807) is 36.4 Å². The van der Waals surface area contributed by atoms with Gasteiger partial charge >= 0.3 is 0 Å². The van der Waals surface area contributed by atoms with E-state index in [1.165, 1.54) is 12.1 Å². The third kappa shape index (κ3) is 3.66. The molecule has 24 heavy (non-hydrogen) atoms. The Morgan fingerprint density at radius 2 is 1.83 bits per heavy atom. The van der Waals surface area contributed by atoms with Crippen LogP contribution >= 0.6 is 23.6 Å². The molecule has 1 aliphatic rings. The van der Waals surface area contributed by atoms with Crippen LogP contribution in [0.25, 0.3) is 0 Å². The lowest BCUT2D eigenvalue weighted by atomic mass is 10.1. The Hall–Kier alpha value is -2.18. The summed E-state index contributed by atoms with van der Waals surface area (Å²) in [4.78, 5) is 12.4. The van der Waals surface area contributed by atoms with Crippen molar-refractivity contribution in [2.24, 2.45) is 5.73 Å². The second-order valence-corrected chi connectivity index (χ2v) is 6.21. The molecule has 2 N–H and O–H groups in total. The minimum atomic E-state index is -0.830. The highest BCUT2D eigenvalue weighted by molar-refractivity contribution is 7.94. The van der Waals surface area contributed by atoms with Gasteiger partial charge in [0.15, 0.2) is 6.10 Å². The lowest BCUT2D eigenvalue weighted by Crippen LogP contribution is -2.10. The number of hydrogen-bond donors (Lipinski definition) is 1. The molecule has 0 spiro atoms. The maximum atomic E-state index is 12.9. The van der Waals surface area contributed by atoms with Crippen LogP contribution < -0.4 is 5.73 Å². The number of ether oxygens (including phenoxy) is 1. The van der Waals surface area contributed by atoms with Gasteiger partial charge in [0.05, 0.1) is 17.8 Å². The van der Waals surface area contributed by atoms with E-state index in [2.05, 4.69) is 0 Å². The smallest absolute Gasteiger partial charge is 0.249 e. The van der Waals surface area contributed by atoms with Gasteiger partial charge in [-0.25, -0.2) is 4.39 Å². The molecule has 0 saturated heterocycles. The highest BCUT2D eigenvalue weighted by Crippen LogP contribution is 2.34. The van der Waals surface area contributed by atoms with Crippen molar-refractivity contribution in [3.8, 4) is 0 Å². The van der Waals surface area contributed by atoms with Gasteiger partial charge in [0, 0.05) is 10.6 Å². The summed E-state index contributed by atoms with van der Waals surface area (Å²) in [7, 11) is 0. The summed E-state index contributed by atoms with van der Waals surface area (Å²) >= 11 is 6.87. The molecular weight excluding hydrogens is 353 g/mol. The number of carbonyl (C=O) groups is 1. The van der Waals surface area contributed by atoms with Gasteiger partial charge in [0.1, 0.15) is 5.82 Å². The zero-order chi connectivity index (χ0) is 17.1. The van der Waals surface area contributed by atoms with Crippen LogP contribution in [0.2, 0.25) is 5.02 Å². The Bertz CT molecular complexity index is 777. The molecule has 0 amide bonds. The largest absolute Gasteiger partial charge is 0.460 e. The van der Waals surface area contributed by atoms with Crippen molar-refractivity contribution in [3.05, 3.63) is 82.1 Å². The number of benzene rings is 2. The number of Topliss-reactive ketones (excluding diaryl/α,β-unsaturated/α-hetero) is 1. The number of rotatable bonds is 5. The van der Waals surface area contributed by atoms with E-state index in [9.17, 15) is 9.18 Å². The average molecular weight is 366 g/mol. The van der Waals surface area contributed by atoms with Gasteiger partial charge in [-0.05, 0) is 29.8 Å². The molecular formula is C17H13ClFNO3S. The molecule has 2 aromatic carbocycles. The summed E-state index contributed by atoms with van der Waals surface area (Å²) < 4.78 is 23.7. The van der Waals surface area contributed by atoms with E-state index in [4.69, 9.17) is 26.3 Å². The van der Waals surface area contributed by atoms with Crippen LogP contribution in [-0.4, -0.2) is 5.78 Å². The zero-order valence-electron chi connectivity index (χ0n) is 12.4. The minimum Gasteiger partial charge on any atom is -0.460 e. The van der Waals surface area contributed by atoms with Crippen molar-refractivity contribution in [2.75, 3.05) is 0 Å². The van der Waals surface area contributed by atoms with E-state index < -0.39 is 6.10 Å². The number of hydrogen-bond acceptors (Lipinski definition) is 5. The van der Waals surface area contributed by atoms with Crippen molar-refractivity contribution < 1.29 is 18.1 Å². The Balaban J connectivity index is 1.61. The molecule has 0 aliphatic carbocycles. The van der Waals surface area contributed by atoms with Gasteiger partial charge in [-0.15, -0.1) is 0 Å². The molecule has 0 aromatic heterocycles. The molecule has 124 valence electrons. The van der Waals surface area contributed by atoms with Crippen LogP contribution in [0, 0.1) is 5.82 Å². The molecule has 4 nitrogen and oxygen atoms in total. The van der Waals surface area contributed by atoms with E-state index in [1.807, 2.05) is 0 Å². The monoisotopic (exact) mass is 365 g/mol. The highest BCUT2D eigenvalue weighted by atomic mass is 35.5. The van der Waals surface area contributed by atoms with Gasteiger partial charge in [-0.3, -0.25) is 4.79 Å². The fourth-order valence-electron chi connectivity index (χ4n) is 2.15. The average Bonchev–Trinajstić information content (AvgIpc) is 2.85. The Morgan fingerprint density at radius 1 is 1.17 bits per heavy atom. The molecule has 1 unspecified atom stereocenters. The lowest BCUT2D eigenvalue weighted by Gasteiger charge is -2.09. The van der Waals surface area contributed by atoms with Crippen LogP contribution in [-0.2, 0) is 19.5 Å². The van der Waals surface area contributed by atoms with Crippen molar-refractivity contribution in [1.29, 1.82) is 0 Å². The number of nitrogens with two attached hydrogens (primary N) is 1. The van der Waals surface area contributed by atoms with Crippen LogP contribution in [0.5, 0.6) is 0 Å². The number of carbonyl (C=O) groups excluding carboxylic acids is 1. The Morgan fingerprint density at radius 3 is 2.50 bits per heavy atom. The summed E-state index contributed by atoms with van der Waals surface area (Å²) in [5.41, 5.74) is 7.26. The van der Waals surface area contributed by atoms with Gasteiger partial charge in [-0.2, -0.15) is 0 Å². The van der Waals surface area contributed by atoms with Gasteiger partial charge in [-0.1, -0.05) is 35.9 Å². The molecule has 0 radical (unpaired) electrons. The Kier molecular flexibility index (Phi) is 4.97. The topological polar surface area (TPSA) is 61.5 Å². The summed E-state index contributed by atoms with van der Waals surface area (Å²) in [6.45, 7) is 0. The molecule has 3 rings (SSSR count). The van der Waals surface area contributed by atoms with Gasteiger partial charge in [0.25, 0.3) is 0 Å². The van der Waals surface area contributed by atoms with Gasteiger partial charge < -0.3 is 14.7 Å². The van der Waals surface area contributed by atoms with E-state index in [0.717, 1.165) is 17.6 Å². The SMILES string of the molecule is NC1=C(OSCc2ccc(F)cc2)C(=O)C(c2ccc(Cl)cc2)O1. The number of ketones is 1. The summed E-state index contributed by atoms with van der Waals surface area (Å²) in [5.74, 6) is -0.271. The predicted molar refractivity (Wildman–Crippen MR) is 90.3 cm³/mol. The summed E-state index contributed by atoms with van der Waals surface area (Å²) in [6.07, 6.45) is -0.830. The normalized spacial score (nSPS) is 17.1. The molecule has 2 aromatic rings. The second-order valence-electron chi connectivity index (χ2n) is 5.08. The maximum absolute atomic E-state index is 12.9. The third-order valence-electron chi connectivity index (χ3n) is 3.38. The van der Waals surface area contributed by atoms with Crippen molar-refractivity contribution >= 4 is 29.4 Å². The molecule has 0 saturated carbocycles. The second kappa shape index (κ2) is 7.15. The zero-order valence-corrected chi connectivity index (χ0v) is 13.9. The first-order valence-electron chi connectivity index (χ1n) is 7.04. The van der Waals surface area contributed by atoms with E-state index >= 15 is 0 Å².